The van der Waals surface area contributed by atoms with E-state index in [1.807, 2.05) is 35.3 Å². The molecule has 0 saturated carbocycles. The monoisotopic (exact) mass is 253 g/mol. The summed E-state index contributed by atoms with van der Waals surface area (Å²) in [4.78, 5) is 4.38. The van der Waals surface area contributed by atoms with E-state index in [1.165, 1.54) is 5.39 Å². The minimum atomic E-state index is 0.684. The lowest BCUT2D eigenvalue weighted by Gasteiger charge is -2.08. The Hall–Kier alpha value is -2.56. The number of nitrogens with one attached hydrogen (secondary N) is 1. The molecule has 0 aliphatic heterocycles. The Bertz CT molecular complexity index is 684. The van der Waals surface area contributed by atoms with Crippen molar-refractivity contribution in [3.05, 3.63) is 48.9 Å². The summed E-state index contributed by atoms with van der Waals surface area (Å²) in [6, 6.07) is 10.2. The van der Waals surface area contributed by atoms with Crippen LogP contribution >= 0.6 is 0 Å². The molecule has 5 heteroatoms. The molecule has 0 saturated heterocycles. The molecule has 0 amide bonds. The van der Waals surface area contributed by atoms with E-state index in [9.17, 15) is 0 Å². The van der Waals surface area contributed by atoms with Gasteiger partial charge < -0.3 is 11.1 Å². The number of anilines is 2. The molecule has 0 unspecified atom stereocenters. The fraction of sp³-hybridized carbons (Fsp3) is 0.143. The first-order chi connectivity index (χ1) is 9.33. The fourth-order valence-electron chi connectivity index (χ4n) is 2.05. The zero-order chi connectivity index (χ0) is 13.1. The van der Waals surface area contributed by atoms with Gasteiger partial charge in [0.2, 0.25) is 0 Å². The first kappa shape index (κ1) is 11.5. The van der Waals surface area contributed by atoms with Crippen LogP contribution < -0.4 is 11.1 Å². The Kier molecular flexibility index (Phi) is 3.02. The van der Waals surface area contributed by atoms with Crippen LogP contribution in [0.25, 0.3) is 10.8 Å². The molecule has 2 heterocycles. The average Bonchev–Trinajstić information content (AvgIpc) is 2.85. The maximum atomic E-state index is 5.62. The molecule has 0 spiro atoms. The number of benzene rings is 1. The van der Waals surface area contributed by atoms with E-state index < -0.39 is 0 Å². The summed E-state index contributed by atoms with van der Waals surface area (Å²) in [6.45, 7) is 1.50. The van der Waals surface area contributed by atoms with Crippen LogP contribution in [0.3, 0.4) is 0 Å². The average molecular weight is 253 g/mol. The third-order valence-electron chi connectivity index (χ3n) is 2.96. The molecule has 3 N–H and O–H groups in total. The molecule has 5 nitrogen and oxygen atoms in total. The zero-order valence-corrected chi connectivity index (χ0v) is 10.5. The normalized spacial score (nSPS) is 10.7. The number of hydrogen-bond donors (Lipinski definition) is 2. The molecular formula is C14H15N5. The van der Waals surface area contributed by atoms with Gasteiger partial charge in [-0.05, 0) is 11.5 Å². The van der Waals surface area contributed by atoms with Gasteiger partial charge in [0.1, 0.15) is 5.82 Å². The molecule has 3 aromatic rings. The van der Waals surface area contributed by atoms with E-state index in [0.29, 0.717) is 5.69 Å². The Morgan fingerprint density at radius 2 is 2.11 bits per heavy atom. The van der Waals surface area contributed by atoms with Gasteiger partial charge >= 0.3 is 0 Å². The molecule has 3 rings (SSSR count). The number of hydrogen-bond acceptors (Lipinski definition) is 4. The SMILES string of the molecule is Nc1cnn(CCNc2nccc3ccccc23)c1. The molecule has 0 aliphatic carbocycles. The maximum Gasteiger partial charge on any atom is 0.133 e. The zero-order valence-electron chi connectivity index (χ0n) is 10.5. The van der Waals surface area contributed by atoms with Crippen LogP contribution in [-0.2, 0) is 6.54 Å². The first-order valence-corrected chi connectivity index (χ1v) is 6.18. The lowest BCUT2D eigenvalue weighted by molar-refractivity contribution is 0.637. The minimum Gasteiger partial charge on any atom is -0.396 e. The molecular weight excluding hydrogens is 238 g/mol. The molecule has 1 aromatic carbocycles. The molecule has 0 fully saturated rings. The number of pyridine rings is 1. The summed E-state index contributed by atoms with van der Waals surface area (Å²) in [5.41, 5.74) is 6.30. The van der Waals surface area contributed by atoms with Gasteiger partial charge in [-0.1, -0.05) is 24.3 Å². The summed E-state index contributed by atoms with van der Waals surface area (Å²) >= 11 is 0. The van der Waals surface area contributed by atoms with Crippen LogP contribution in [0.1, 0.15) is 0 Å². The number of nitrogens with zero attached hydrogens (tertiary/aromatic N) is 3. The van der Waals surface area contributed by atoms with E-state index in [1.54, 1.807) is 6.20 Å². The van der Waals surface area contributed by atoms with Gasteiger partial charge in [-0.3, -0.25) is 4.68 Å². The van der Waals surface area contributed by atoms with Crippen molar-refractivity contribution in [1.82, 2.24) is 14.8 Å². The van der Waals surface area contributed by atoms with Gasteiger partial charge in [-0.25, -0.2) is 4.98 Å². The quantitative estimate of drug-likeness (QED) is 0.747. The van der Waals surface area contributed by atoms with Crippen molar-refractivity contribution in [3.63, 3.8) is 0 Å². The highest BCUT2D eigenvalue weighted by molar-refractivity contribution is 5.91. The van der Waals surface area contributed by atoms with Crippen LogP contribution in [0, 0.1) is 0 Å². The highest BCUT2D eigenvalue weighted by Gasteiger charge is 2.01. The molecule has 19 heavy (non-hydrogen) atoms. The van der Waals surface area contributed by atoms with Crippen LogP contribution in [0.4, 0.5) is 11.5 Å². The van der Waals surface area contributed by atoms with Gasteiger partial charge in [0.25, 0.3) is 0 Å². The van der Waals surface area contributed by atoms with Crippen molar-refractivity contribution in [3.8, 4) is 0 Å². The van der Waals surface area contributed by atoms with E-state index in [2.05, 4.69) is 27.5 Å². The summed E-state index contributed by atoms with van der Waals surface area (Å²) < 4.78 is 1.81. The first-order valence-electron chi connectivity index (χ1n) is 6.18. The van der Waals surface area contributed by atoms with Gasteiger partial charge in [-0.2, -0.15) is 5.10 Å². The third kappa shape index (κ3) is 2.49. The summed E-state index contributed by atoms with van der Waals surface area (Å²) in [7, 11) is 0. The Morgan fingerprint density at radius 3 is 2.95 bits per heavy atom. The topological polar surface area (TPSA) is 68.8 Å². The summed E-state index contributed by atoms with van der Waals surface area (Å²) in [6.07, 6.45) is 5.28. The van der Waals surface area contributed by atoms with Crippen molar-refractivity contribution >= 4 is 22.3 Å². The van der Waals surface area contributed by atoms with Gasteiger partial charge in [0.15, 0.2) is 0 Å². The van der Waals surface area contributed by atoms with Crippen molar-refractivity contribution in [2.75, 3.05) is 17.6 Å². The second-order valence-corrected chi connectivity index (χ2v) is 4.34. The number of nitrogens with two attached hydrogens (primary N) is 1. The molecule has 0 bridgehead atoms. The van der Waals surface area contributed by atoms with E-state index in [-0.39, 0.29) is 0 Å². The lowest BCUT2D eigenvalue weighted by Crippen LogP contribution is -2.11. The van der Waals surface area contributed by atoms with Gasteiger partial charge in [0.05, 0.1) is 18.4 Å². The molecule has 0 aliphatic rings. The Labute approximate surface area is 111 Å². The Balaban J connectivity index is 1.71. The molecule has 0 atom stereocenters. The second kappa shape index (κ2) is 4.97. The third-order valence-corrected chi connectivity index (χ3v) is 2.96. The van der Waals surface area contributed by atoms with Crippen LogP contribution in [0.15, 0.2) is 48.9 Å². The highest BCUT2D eigenvalue weighted by Crippen LogP contribution is 2.19. The number of rotatable bonds is 4. The molecule has 0 radical (unpaired) electrons. The number of fused-ring (bicyclic) bond motifs is 1. The second-order valence-electron chi connectivity index (χ2n) is 4.34. The highest BCUT2D eigenvalue weighted by atomic mass is 15.3. The van der Waals surface area contributed by atoms with Crippen molar-refractivity contribution in [1.29, 1.82) is 0 Å². The minimum absolute atomic E-state index is 0.684. The largest absolute Gasteiger partial charge is 0.396 e. The summed E-state index contributed by atoms with van der Waals surface area (Å²) in [5, 5.41) is 9.79. The van der Waals surface area contributed by atoms with E-state index in [4.69, 9.17) is 5.73 Å². The molecule has 2 aromatic heterocycles. The fourth-order valence-corrected chi connectivity index (χ4v) is 2.05. The predicted octanol–water partition coefficient (Wildman–Crippen LogP) is 2.13. The predicted molar refractivity (Wildman–Crippen MR) is 76.9 cm³/mol. The smallest absolute Gasteiger partial charge is 0.133 e. The van der Waals surface area contributed by atoms with Crippen LogP contribution in [-0.4, -0.2) is 21.3 Å². The van der Waals surface area contributed by atoms with Crippen LogP contribution in [0.5, 0.6) is 0 Å². The van der Waals surface area contributed by atoms with Crippen molar-refractivity contribution in [2.45, 2.75) is 6.54 Å². The van der Waals surface area contributed by atoms with Crippen molar-refractivity contribution < 1.29 is 0 Å². The number of aromatic nitrogens is 3. The van der Waals surface area contributed by atoms with Gasteiger partial charge in [-0.15, -0.1) is 0 Å². The van der Waals surface area contributed by atoms with Gasteiger partial charge in [0, 0.05) is 24.3 Å². The van der Waals surface area contributed by atoms with Crippen molar-refractivity contribution in [2.24, 2.45) is 0 Å². The standard InChI is InChI=1S/C14H15N5/c15-12-9-18-19(10-12)8-7-17-14-13-4-2-1-3-11(13)5-6-16-14/h1-6,9-10H,7-8,15H2,(H,16,17). The molecule has 96 valence electrons. The summed E-state index contributed by atoms with van der Waals surface area (Å²) in [5.74, 6) is 0.901. The van der Waals surface area contributed by atoms with E-state index in [0.717, 1.165) is 24.3 Å². The van der Waals surface area contributed by atoms with E-state index >= 15 is 0 Å². The lowest BCUT2D eigenvalue weighted by atomic mass is 10.1. The Morgan fingerprint density at radius 1 is 1.21 bits per heavy atom. The van der Waals surface area contributed by atoms with Crippen LogP contribution in [0.2, 0.25) is 0 Å². The number of nitrogen functional groups attached to an aromatic ring is 1. The maximum absolute atomic E-state index is 5.62.